The quantitative estimate of drug-likeness (QED) is 0.810. The molecule has 1 aliphatic heterocycles. The van der Waals surface area contributed by atoms with E-state index in [2.05, 4.69) is 4.90 Å². The van der Waals surface area contributed by atoms with Gasteiger partial charge in [-0.3, -0.25) is 4.79 Å². The molecule has 3 nitrogen and oxygen atoms in total. The molecule has 1 atom stereocenters. The molecule has 1 aliphatic rings. The highest BCUT2D eigenvalue weighted by Crippen LogP contribution is 2.16. The maximum Gasteiger partial charge on any atom is 0.167 e. The summed E-state index contributed by atoms with van der Waals surface area (Å²) in [6, 6.07) is 6.09. The van der Waals surface area contributed by atoms with Crippen molar-refractivity contribution in [1.29, 1.82) is 0 Å². The molecule has 0 aliphatic carbocycles. The molecule has 1 heterocycles. The van der Waals surface area contributed by atoms with Gasteiger partial charge in [0, 0.05) is 26.1 Å². The highest BCUT2D eigenvalue weighted by molar-refractivity contribution is 5.96. The van der Waals surface area contributed by atoms with E-state index in [4.69, 9.17) is 5.11 Å². The molecule has 1 fully saturated rings. The van der Waals surface area contributed by atoms with E-state index in [0.29, 0.717) is 18.9 Å². The van der Waals surface area contributed by atoms with Crippen LogP contribution in [-0.2, 0) is 0 Å². The predicted octanol–water partition coefficient (Wildman–Crippen LogP) is 1.71. The predicted molar refractivity (Wildman–Crippen MR) is 67.0 cm³/mol. The number of likely N-dealkylation sites (tertiary alicyclic amines) is 1. The largest absolute Gasteiger partial charge is 0.396 e. The molecule has 0 bridgehead atoms. The number of aliphatic hydroxyl groups excluding tert-OH is 1. The standard InChI is InChI=1S/C14H18FNO2/c15-13-4-2-1-3-12(13)14(18)6-8-16-7-5-11(9-16)10-17/h1-4,11,17H,5-10H2. The number of hydrogen-bond acceptors (Lipinski definition) is 3. The van der Waals surface area contributed by atoms with Gasteiger partial charge < -0.3 is 10.0 Å². The van der Waals surface area contributed by atoms with Gasteiger partial charge in [-0.1, -0.05) is 12.1 Å². The molecular weight excluding hydrogens is 233 g/mol. The normalized spacial score (nSPS) is 20.2. The maximum atomic E-state index is 13.4. The highest BCUT2D eigenvalue weighted by Gasteiger charge is 2.22. The molecule has 98 valence electrons. The second-order valence-electron chi connectivity index (χ2n) is 4.79. The zero-order valence-electron chi connectivity index (χ0n) is 10.3. The minimum Gasteiger partial charge on any atom is -0.396 e. The zero-order valence-corrected chi connectivity index (χ0v) is 10.3. The SMILES string of the molecule is O=C(CCN1CCC(CO)C1)c1ccccc1F. The fourth-order valence-corrected chi connectivity index (χ4v) is 2.35. The van der Waals surface area contributed by atoms with Crippen LogP contribution >= 0.6 is 0 Å². The van der Waals surface area contributed by atoms with Crippen molar-refractivity contribution >= 4 is 5.78 Å². The first-order valence-electron chi connectivity index (χ1n) is 6.31. The van der Waals surface area contributed by atoms with Crippen molar-refractivity contribution in [3.63, 3.8) is 0 Å². The van der Waals surface area contributed by atoms with Crippen LogP contribution in [-0.4, -0.2) is 42.0 Å². The van der Waals surface area contributed by atoms with Crippen molar-refractivity contribution in [2.24, 2.45) is 5.92 Å². The van der Waals surface area contributed by atoms with E-state index in [1.807, 2.05) is 0 Å². The molecule has 1 aromatic carbocycles. The number of Topliss-reactive ketones (excluding diaryl/α,β-unsaturated/α-hetero) is 1. The van der Waals surface area contributed by atoms with Gasteiger partial charge in [-0.25, -0.2) is 4.39 Å². The van der Waals surface area contributed by atoms with Crippen LogP contribution in [0, 0.1) is 11.7 Å². The van der Waals surface area contributed by atoms with Gasteiger partial charge in [0.05, 0.1) is 5.56 Å². The summed E-state index contributed by atoms with van der Waals surface area (Å²) in [4.78, 5) is 14.0. The molecule has 18 heavy (non-hydrogen) atoms. The van der Waals surface area contributed by atoms with Crippen molar-refractivity contribution in [3.8, 4) is 0 Å². The van der Waals surface area contributed by atoms with Gasteiger partial charge in [0.1, 0.15) is 5.82 Å². The summed E-state index contributed by atoms with van der Waals surface area (Å²) in [5.74, 6) is -0.272. The molecule has 0 amide bonds. The van der Waals surface area contributed by atoms with E-state index in [9.17, 15) is 9.18 Å². The molecular formula is C14H18FNO2. The number of hydrogen-bond donors (Lipinski definition) is 1. The number of carbonyl (C=O) groups is 1. The summed E-state index contributed by atoms with van der Waals surface area (Å²) in [6.07, 6.45) is 1.31. The topological polar surface area (TPSA) is 40.5 Å². The van der Waals surface area contributed by atoms with Gasteiger partial charge in [0.15, 0.2) is 5.78 Å². The van der Waals surface area contributed by atoms with Crippen LogP contribution in [0.3, 0.4) is 0 Å². The third-order valence-electron chi connectivity index (χ3n) is 3.46. The molecule has 0 aromatic heterocycles. The molecule has 0 spiro atoms. The van der Waals surface area contributed by atoms with Crippen molar-refractivity contribution in [2.75, 3.05) is 26.2 Å². The Morgan fingerprint density at radius 2 is 2.22 bits per heavy atom. The fourth-order valence-electron chi connectivity index (χ4n) is 2.35. The Morgan fingerprint density at radius 3 is 2.89 bits per heavy atom. The van der Waals surface area contributed by atoms with Crippen LogP contribution in [0.2, 0.25) is 0 Å². The first-order valence-corrected chi connectivity index (χ1v) is 6.31. The minimum atomic E-state index is -0.447. The molecule has 4 heteroatoms. The molecule has 1 N–H and O–H groups in total. The Bertz CT molecular complexity index is 422. The van der Waals surface area contributed by atoms with Crippen LogP contribution in [0.15, 0.2) is 24.3 Å². The van der Waals surface area contributed by atoms with Gasteiger partial charge in [-0.15, -0.1) is 0 Å². The lowest BCUT2D eigenvalue weighted by Gasteiger charge is -2.14. The van der Waals surface area contributed by atoms with Crippen LogP contribution < -0.4 is 0 Å². The van der Waals surface area contributed by atoms with Crippen LogP contribution in [0.1, 0.15) is 23.2 Å². The number of halogens is 1. The van der Waals surface area contributed by atoms with Crippen molar-refractivity contribution in [3.05, 3.63) is 35.6 Å². The molecule has 2 rings (SSSR count). The van der Waals surface area contributed by atoms with Gasteiger partial charge in [-0.05, 0) is 31.0 Å². The van der Waals surface area contributed by atoms with E-state index >= 15 is 0 Å². The number of benzene rings is 1. The minimum absolute atomic E-state index is 0.152. The summed E-state index contributed by atoms with van der Waals surface area (Å²) in [5, 5.41) is 9.03. The van der Waals surface area contributed by atoms with E-state index < -0.39 is 5.82 Å². The van der Waals surface area contributed by atoms with Crippen molar-refractivity contribution in [2.45, 2.75) is 12.8 Å². The lowest BCUT2D eigenvalue weighted by atomic mass is 10.1. The number of aliphatic hydroxyl groups is 1. The zero-order chi connectivity index (χ0) is 13.0. The lowest BCUT2D eigenvalue weighted by Crippen LogP contribution is -2.24. The Morgan fingerprint density at radius 1 is 1.44 bits per heavy atom. The lowest BCUT2D eigenvalue weighted by molar-refractivity contribution is 0.0963. The molecule has 0 saturated carbocycles. The highest BCUT2D eigenvalue weighted by atomic mass is 19.1. The van der Waals surface area contributed by atoms with Gasteiger partial charge >= 0.3 is 0 Å². The van der Waals surface area contributed by atoms with E-state index in [0.717, 1.165) is 19.5 Å². The Labute approximate surface area is 106 Å². The number of nitrogens with zero attached hydrogens (tertiary/aromatic N) is 1. The van der Waals surface area contributed by atoms with Gasteiger partial charge in [0.2, 0.25) is 0 Å². The number of rotatable bonds is 5. The Hall–Kier alpha value is -1.26. The first kappa shape index (κ1) is 13.2. The van der Waals surface area contributed by atoms with E-state index in [-0.39, 0.29) is 18.0 Å². The summed E-state index contributed by atoms with van der Waals surface area (Å²) in [5.41, 5.74) is 0.176. The van der Waals surface area contributed by atoms with Gasteiger partial charge in [-0.2, -0.15) is 0 Å². The van der Waals surface area contributed by atoms with Crippen molar-refractivity contribution < 1.29 is 14.3 Å². The summed E-state index contributed by atoms with van der Waals surface area (Å²) in [6.45, 7) is 2.60. The smallest absolute Gasteiger partial charge is 0.167 e. The van der Waals surface area contributed by atoms with E-state index in [1.165, 1.54) is 12.1 Å². The average molecular weight is 251 g/mol. The average Bonchev–Trinajstić information content (AvgIpc) is 2.84. The number of carbonyl (C=O) groups excluding carboxylic acids is 1. The first-order chi connectivity index (χ1) is 8.70. The molecule has 0 radical (unpaired) electrons. The molecule has 1 unspecified atom stereocenters. The monoisotopic (exact) mass is 251 g/mol. The molecule has 1 saturated heterocycles. The fraction of sp³-hybridized carbons (Fsp3) is 0.500. The third kappa shape index (κ3) is 3.15. The third-order valence-corrected chi connectivity index (χ3v) is 3.46. The summed E-state index contributed by atoms with van der Waals surface area (Å²) >= 11 is 0. The Balaban J connectivity index is 1.84. The van der Waals surface area contributed by atoms with Crippen LogP contribution in [0.4, 0.5) is 4.39 Å². The van der Waals surface area contributed by atoms with Crippen molar-refractivity contribution in [1.82, 2.24) is 4.90 Å². The van der Waals surface area contributed by atoms with Crippen LogP contribution in [0.25, 0.3) is 0 Å². The summed E-state index contributed by atoms with van der Waals surface area (Å²) in [7, 11) is 0. The maximum absolute atomic E-state index is 13.4. The molecule has 1 aromatic rings. The number of ketones is 1. The van der Waals surface area contributed by atoms with Crippen LogP contribution in [0.5, 0.6) is 0 Å². The van der Waals surface area contributed by atoms with E-state index in [1.54, 1.807) is 12.1 Å². The summed E-state index contributed by atoms with van der Waals surface area (Å²) < 4.78 is 13.4. The second kappa shape index (κ2) is 6.07. The second-order valence-corrected chi connectivity index (χ2v) is 4.79. The Kier molecular flexibility index (Phi) is 4.44. The van der Waals surface area contributed by atoms with Gasteiger partial charge in [0.25, 0.3) is 0 Å².